The Kier molecular flexibility index (Phi) is 5.61. The molecular formula is C20H20N2O5. The summed E-state index contributed by atoms with van der Waals surface area (Å²) in [5, 5.41) is 4.01. The van der Waals surface area contributed by atoms with Crippen LogP contribution in [0.1, 0.15) is 11.5 Å². The summed E-state index contributed by atoms with van der Waals surface area (Å²) in [5.74, 6) is 3.40. The fourth-order valence-electron chi connectivity index (χ4n) is 2.52. The maximum atomic E-state index is 5.30. The molecule has 1 heterocycles. The zero-order valence-electron chi connectivity index (χ0n) is 15.6. The number of aromatic nitrogens is 2. The molecular weight excluding hydrogens is 348 g/mol. The van der Waals surface area contributed by atoms with Gasteiger partial charge in [-0.15, -0.1) is 0 Å². The molecule has 0 bridgehead atoms. The number of rotatable bonds is 7. The fourth-order valence-corrected chi connectivity index (χ4v) is 2.52. The Labute approximate surface area is 157 Å². The van der Waals surface area contributed by atoms with E-state index in [4.69, 9.17) is 23.5 Å². The van der Waals surface area contributed by atoms with Gasteiger partial charge in [0.15, 0.2) is 23.0 Å². The van der Waals surface area contributed by atoms with Crippen LogP contribution in [0.3, 0.4) is 0 Å². The molecule has 0 fully saturated rings. The Morgan fingerprint density at radius 3 is 2.04 bits per heavy atom. The first-order valence-corrected chi connectivity index (χ1v) is 8.14. The highest BCUT2D eigenvalue weighted by molar-refractivity contribution is 5.69. The van der Waals surface area contributed by atoms with E-state index >= 15 is 0 Å². The molecule has 7 heteroatoms. The monoisotopic (exact) mass is 368 g/mol. The van der Waals surface area contributed by atoms with Crippen molar-refractivity contribution in [3.05, 3.63) is 47.9 Å². The number of methoxy groups -OCH3 is 4. The second kappa shape index (κ2) is 8.27. The maximum absolute atomic E-state index is 5.30. The quantitative estimate of drug-likeness (QED) is 0.625. The topological polar surface area (TPSA) is 75.8 Å². The summed E-state index contributed by atoms with van der Waals surface area (Å²) in [6, 6.07) is 11.0. The SMILES string of the molecule is COc1ccc(/C=C/c2nc(-c3ccc(OC)c(OC)c3)no2)cc1OC. The van der Waals surface area contributed by atoms with Crippen LogP contribution in [0.5, 0.6) is 23.0 Å². The summed E-state index contributed by atoms with van der Waals surface area (Å²) in [4.78, 5) is 4.39. The van der Waals surface area contributed by atoms with Crippen molar-refractivity contribution in [3.63, 3.8) is 0 Å². The Hall–Kier alpha value is -3.48. The maximum Gasteiger partial charge on any atom is 0.250 e. The van der Waals surface area contributed by atoms with Crippen molar-refractivity contribution in [1.82, 2.24) is 10.1 Å². The molecule has 0 N–H and O–H groups in total. The third-order valence-electron chi connectivity index (χ3n) is 3.91. The minimum absolute atomic E-state index is 0.384. The van der Waals surface area contributed by atoms with Gasteiger partial charge in [0.1, 0.15) is 0 Å². The standard InChI is InChI=1S/C20H20N2O5/c1-23-15-8-5-13(11-17(15)25-3)6-10-19-21-20(22-27-19)14-7-9-16(24-2)18(12-14)26-4/h5-12H,1-4H3/b10-6+. The Bertz CT molecular complexity index is 949. The molecule has 140 valence electrons. The fraction of sp³-hybridized carbons (Fsp3) is 0.200. The van der Waals surface area contributed by atoms with Crippen molar-refractivity contribution in [3.8, 4) is 34.4 Å². The van der Waals surface area contributed by atoms with Crippen molar-refractivity contribution in [1.29, 1.82) is 0 Å². The summed E-state index contributed by atoms with van der Waals surface area (Å²) < 4.78 is 26.4. The Balaban J connectivity index is 1.81. The van der Waals surface area contributed by atoms with Crippen LogP contribution in [-0.4, -0.2) is 38.6 Å². The summed E-state index contributed by atoms with van der Waals surface area (Å²) in [5.41, 5.74) is 1.68. The van der Waals surface area contributed by atoms with E-state index in [0.29, 0.717) is 34.7 Å². The van der Waals surface area contributed by atoms with Gasteiger partial charge in [-0.2, -0.15) is 4.98 Å². The van der Waals surface area contributed by atoms with E-state index in [-0.39, 0.29) is 0 Å². The van der Waals surface area contributed by atoms with Gasteiger partial charge in [-0.05, 0) is 42.0 Å². The lowest BCUT2D eigenvalue weighted by Crippen LogP contribution is -1.91. The van der Waals surface area contributed by atoms with Gasteiger partial charge >= 0.3 is 0 Å². The average Bonchev–Trinajstić information content (AvgIpc) is 3.20. The van der Waals surface area contributed by atoms with Gasteiger partial charge in [0.25, 0.3) is 5.89 Å². The molecule has 0 saturated carbocycles. The molecule has 0 aliphatic rings. The van der Waals surface area contributed by atoms with Crippen LogP contribution in [0, 0.1) is 0 Å². The molecule has 7 nitrogen and oxygen atoms in total. The van der Waals surface area contributed by atoms with Crippen LogP contribution in [0.4, 0.5) is 0 Å². The van der Waals surface area contributed by atoms with Crippen molar-refractivity contribution < 1.29 is 23.5 Å². The third-order valence-corrected chi connectivity index (χ3v) is 3.91. The van der Waals surface area contributed by atoms with E-state index < -0.39 is 0 Å². The van der Waals surface area contributed by atoms with Crippen LogP contribution >= 0.6 is 0 Å². The van der Waals surface area contributed by atoms with E-state index in [2.05, 4.69) is 10.1 Å². The Morgan fingerprint density at radius 2 is 1.37 bits per heavy atom. The smallest absolute Gasteiger partial charge is 0.250 e. The van der Waals surface area contributed by atoms with Gasteiger partial charge in [0, 0.05) is 11.6 Å². The van der Waals surface area contributed by atoms with Gasteiger partial charge in [-0.25, -0.2) is 0 Å². The zero-order valence-corrected chi connectivity index (χ0v) is 15.6. The van der Waals surface area contributed by atoms with Gasteiger partial charge in [0.05, 0.1) is 28.4 Å². The predicted molar refractivity (Wildman–Crippen MR) is 101 cm³/mol. The first kappa shape index (κ1) is 18.3. The molecule has 0 aliphatic carbocycles. The molecule has 2 aromatic carbocycles. The van der Waals surface area contributed by atoms with Gasteiger partial charge in [0.2, 0.25) is 5.82 Å². The Morgan fingerprint density at radius 1 is 0.741 bits per heavy atom. The van der Waals surface area contributed by atoms with Crippen LogP contribution < -0.4 is 18.9 Å². The highest BCUT2D eigenvalue weighted by Gasteiger charge is 2.11. The van der Waals surface area contributed by atoms with E-state index in [0.717, 1.165) is 11.1 Å². The number of ether oxygens (including phenoxy) is 4. The van der Waals surface area contributed by atoms with Crippen LogP contribution in [0.15, 0.2) is 40.9 Å². The van der Waals surface area contributed by atoms with E-state index in [1.165, 1.54) is 0 Å². The average molecular weight is 368 g/mol. The van der Waals surface area contributed by atoms with Crippen LogP contribution in [-0.2, 0) is 0 Å². The normalized spacial score (nSPS) is 10.8. The molecule has 0 amide bonds. The highest BCUT2D eigenvalue weighted by Crippen LogP contribution is 2.31. The van der Waals surface area contributed by atoms with E-state index in [1.54, 1.807) is 46.6 Å². The third kappa shape index (κ3) is 4.03. The predicted octanol–water partition coefficient (Wildman–Crippen LogP) is 3.94. The second-order valence-corrected chi connectivity index (χ2v) is 5.47. The summed E-state index contributed by atoms with van der Waals surface area (Å²) >= 11 is 0. The van der Waals surface area contributed by atoms with Gasteiger partial charge in [-0.3, -0.25) is 0 Å². The number of hydrogen-bond acceptors (Lipinski definition) is 7. The first-order chi connectivity index (χ1) is 13.2. The number of hydrogen-bond donors (Lipinski definition) is 0. The lowest BCUT2D eigenvalue weighted by Gasteiger charge is -2.07. The lowest BCUT2D eigenvalue weighted by molar-refractivity contribution is 0.355. The number of benzene rings is 2. The summed E-state index contributed by atoms with van der Waals surface area (Å²) in [6.07, 6.45) is 3.59. The van der Waals surface area contributed by atoms with Crippen LogP contribution in [0.25, 0.3) is 23.5 Å². The molecule has 3 rings (SSSR count). The molecule has 3 aromatic rings. The van der Waals surface area contributed by atoms with E-state index in [9.17, 15) is 0 Å². The molecule has 27 heavy (non-hydrogen) atoms. The number of nitrogens with zero attached hydrogens (tertiary/aromatic N) is 2. The summed E-state index contributed by atoms with van der Waals surface area (Å²) in [6.45, 7) is 0. The highest BCUT2D eigenvalue weighted by atomic mass is 16.5. The minimum atomic E-state index is 0.384. The molecule has 0 saturated heterocycles. The molecule has 0 atom stereocenters. The summed E-state index contributed by atoms with van der Waals surface area (Å²) in [7, 11) is 6.36. The van der Waals surface area contributed by atoms with Crippen molar-refractivity contribution >= 4 is 12.2 Å². The molecule has 0 unspecified atom stereocenters. The van der Waals surface area contributed by atoms with Crippen molar-refractivity contribution in [2.75, 3.05) is 28.4 Å². The zero-order chi connectivity index (χ0) is 19.2. The largest absolute Gasteiger partial charge is 0.493 e. The first-order valence-electron chi connectivity index (χ1n) is 8.14. The molecule has 1 aromatic heterocycles. The van der Waals surface area contributed by atoms with Crippen molar-refractivity contribution in [2.45, 2.75) is 0 Å². The van der Waals surface area contributed by atoms with E-state index in [1.807, 2.05) is 30.3 Å². The van der Waals surface area contributed by atoms with Gasteiger partial charge < -0.3 is 23.5 Å². The van der Waals surface area contributed by atoms with Crippen molar-refractivity contribution in [2.24, 2.45) is 0 Å². The van der Waals surface area contributed by atoms with Gasteiger partial charge in [-0.1, -0.05) is 11.2 Å². The molecule has 0 radical (unpaired) electrons. The van der Waals surface area contributed by atoms with Crippen LogP contribution in [0.2, 0.25) is 0 Å². The second-order valence-electron chi connectivity index (χ2n) is 5.47. The molecule has 0 aliphatic heterocycles. The minimum Gasteiger partial charge on any atom is -0.493 e. The lowest BCUT2D eigenvalue weighted by atomic mass is 10.2. The molecule has 0 spiro atoms.